The first-order valence-corrected chi connectivity index (χ1v) is 11.4. The molecule has 0 aromatic heterocycles. The third-order valence-corrected chi connectivity index (χ3v) is 6.45. The van der Waals surface area contributed by atoms with Crippen molar-refractivity contribution in [1.82, 2.24) is 0 Å². The van der Waals surface area contributed by atoms with Crippen LogP contribution >= 0.6 is 0 Å². The molecule has 0 heterocycles. The molecule has 3 aromatic carbocycles. The summed E-state index contributed by atoms with van der Waals surface area (Å²) in [4.78, 5) is 0. The zero-order valence-corrected chi connectivity index (χ0v) is 20.0. The molecule has 2 aliphatic rings. The van der Waals surface area contributed by atoms with E-state index in [-0.39, 0.29) is 5.56 Å². The summed E-state index contributed by atoms with van der Waals surface area (Å²) in [6.45, 7) is -30.6. The van der Waals surface area contributed by atoms with Gasteiger partial charge in [-0.05, 0) is 109 Å². The van der Waals surface area contributed by atoms with Gasteiger partial charge in [-0.1, -0.05) is 117 Å². The molecule has 0 aliphatic heterocycles. The highest BCUT2D eigenvalue weighted by molar-refractivity contribution is 5.76. The van der Waals surface area contributed by atoms with Crippen molar-refractivity contribution in [2.24, 2.45) is 0 Å². The SMILES string of the molecule is [2H]c1c(-c2ccc3c(c2)C(C([2H])([2H])[2H])(C([2H])([2H])[2H])C([2H])([2H])C([2H])([2H])C3(C([2H])([2H])[2H])C([2H])([2H])[2H])c([2H])c(C(C)C)c([2H])c1-c1ccc2c(c1)C(C([2H])([2H])[2H])(C([2H])([2H])[2H])C([2H])([2H])C([2H])([2H])C2(C([2H])([2H])[2H])C([2H])([2H])[2H]. The predicted molar refractivity (Wildman–Crippen MR) is 162 cm³/mol. The summed E-state index contributed by atoms with van der Waals surface area (Å²) in [5.74, 6) is -0.980. The molecule has 0 saturated carbocycles. The predicted octanol–water partition coefficient (Wildman–Crippen LogP) is 10.8. The van der Waals surface area contributed by atoms with E-state index in [9.17, 15) is 4.11 Å². The van der Waals surface area contributed by atoms with Crippen LogP contribution in [0.4, 0.5) is 0 Å². The summed E-state index contributed by atoms with van der Waals surface area (Å²) >= 11 is 0. The number of benzene rings is 3. The minimum absolute atomic E-state index is 0.362. The molecule has 0 heteroatoms. The van der Waals surface area contributed by atoms with E-state index in [2.05, 4.69) is 0 Å². The van der Waals surface area contributed by atoms with Crippen molar-refractivity contribution >= 4 is 0 Å². The average molecular weight is 528 g/mol. The maximum Gasteiger partial charge on any atom is 0.0636 e. The number of hydrogen-bond donors (Lipinski definition) is 0. The fourth-order valence-corrected chi connectivity index (χ4v) is 4.38. The Morgan fingerprint density at radius 1 is 0.568 bits per heavy atom. The highest BCUT2D eigenvalue weighted by Gasteiger charge is 2.38. The molecule has 37 heavy (non-hydrogen) atoms. The Labute approximate surface area is 276 Å². The molecule has 0 amide bonds. The minimum Gasteiger partial charge on any atom is -0.0587 e. The lowest BCUT2D eigenvalue weighted by molar-refractivity contribution is 0.332. The minimum atomic E-state index is -4.49. The Balaban J connectivity index is 2.16. The molecule has 0 atom stereocenters. The van der Waals surface area contributed by atoms with Crippen LogP contribution < -0.4 is 0 Å². The van der Waals surface area contributed by atoms with E-state index in [0.717, 1.165) is 12.1 Å². The lowest BCUT2D eigenvalue weighted by atomic mass is 9.62. The molecular formula is C37H48. The molecule has 0 saturated heterocycles. The number of rotatable bonds is 3. The summed E-state index contributed by atoms with van der Waals surface area (Å²) < 4.78 is 306. The molecule has 0 N–H and O–H groups in total. The normalized spacial score (nSPS) is 42.9. The fraction of sp³-hybridized carbons (Fsp3) is 0.514. The van der Waals surface area contributed by atoms with Crippen LogP contribution in [-0.2, 0) is 21.7 Å². The van der Waals surface area contributed by atoms with Gasteiger partial charge in [0.25, 0.3) is 0 Å². The molecule has 196 valence electrons. The van der Waals surface area contributed by atoms with E-state index < -0.39 is 171 Å². The summed E-state index contributed by atoms with van der Waals surface area (Å²) in [6, 6.07) is 0.860. The topological polar surface area (TPSA) is 0 Å². The van der Waals surface area contributed by atoms with Gasteiger partial charge in [0.2, 0.25) is 0 Å². The molecule has 0 spiro atoms. The molecule has 2 aliphatic carbocycles. The van der Waals surface area contributed by atoms with Crippen molar-refractivity contribution in [3.8, 4) is 22.3 Å². The lowest BCUT2D eigenvalue weighted by Gasteiger charge is -2.42. The van der Waals surface area contributed by atoms with Crippen molar-refractivity contribution in [2.75, 3.05) is 0 Å². The van der Waals surface area contributed by atoms with Gasteiger partial charge in [0.1, 0.15) is 0 Å². The Bertz CT molecular complexity index is 2420. The van der Waals surface area contributed by atoms with Gasteiger partial charge in [-0.3, -0.25) is 0 Å². The van der Waals surface area contributed by atoms with Gasteiger partial charge in [0, 0.05) is 43.9 Å². The van der Waals surface area contributed by atoms with E-state index in [1.807, 2.05) is 0 Å². The zero-order chi connectivity index (χ0) is 56.7. The molecular weight excluding hydrogens is 444 g/mol. The van der Waals surface area contributed by atoms with Crippen molar-refractivity contribution in [3.05, 3.63) is 82.3 Å². The smallest absolute Gasteiger partial charge is 0.0587 e. The average Bonchev–Trinajstić information content (AvgIpc) is 3.07. The second-order valence-electron chi connectivity index (χ2n) is 9.71. The third kappa shape index (κ3) is 4.60. The summed E-state index contributed by atoms with van der Waals surface area (Å²) in [7, 11) is 0. The van der Waals surface area contributed by atoms with Gasteiger partial charge in [0.15, 0.2) is 0 Å². The van der Waals surface area contributed by atoms with E-state index in [4.69, 9.17) is 43.9 Å². The molecule has 3 aromatic rings. The van der Waals surface area contributed by atoms with Crippen LogP contribution in [0, 0.1) is 0 Å². The van der Waals surface area contributed by atoms with Crippen molar-refractivity contribution in [2.45, 2.75) is 122 Å². The first-order valence-electron chi connectivity index (χ1n) is 28.9. The van der Waals surface area contributed by atoms with Crippen LogP contribution in [0.2, 0.25) is 0 Å². The van der Waals surface area contributed by atoms with Gasteiger partial charge in [-0.15, -0.1) is 0 Å². The van der Waals surface area contributed by atoms with Crippen LogP contribution in [0.3, 0.4) is 0 Å². The molecule has 5 rings (SSSR count). The highest BCUT2D eigenvalue weighted by Crippen LogP contribution is 2.48. The summed E-state index contributed by atoms with van der Waals surface area (Å²) in [5.41, 5.74) is -25.2. The second-order valence-corrected chi connectivity index (χ2v) is 9.71. The van der Waals surface area contributed by atoms with Gasteiger partial charge in [0.05, 0.1) is 4.11 Å². The molecule has 0 fully saturated rings. The first kappa shape index (κ1) is 7.24. The van der Waals surface area contributed by atoms with Crippen LogP contribution in [0.15, 0.2) is 54.5 Å². The van der Waals surface area contributed by atoms with Gasteiger partial charge in [-0.2, -0.15) is 0 Å². The Kier molecular flexibility index (Phi) is 1.68. The van der Waals surface area contributed by atoms with Crippen LogP contribution in [0.5, 0.6) is 0 Å². The second kappa shape index (κ2) is 8.59. The molecule has 0 radical (unpaired) electrons. The fourth-order valence-electron chi connectivity index (χ4n) is 4.38. The van der Waals surface area contributed by atoms with Gasteiger partial charge < -0.3 is 0 Å². The van der Waals surface area contributed by atoms with Crippen LogP contribution in [0.25, 0.3) is 22.3 Å². The monoisotopic (exact) mass is 528 g/mol. The quantitative estimate of drug-likeness (QED) is 0.318. The number of hydrogen-bond acceptors (Lipinski definition) is 0. The Morgan fingerprint density at radius 2 is 0.946 bits per heavy atom. The molecule has 0 bridgehead atoms. The summed E-state index contributed by atoms with van der Waals surface area (Å²) in [5, 5.41) is 0. The lowest BCUT2D eigenvalue weighted by Crippen LogP contribution is -2.33. The summed E-state index contributed by atoms with van der Waals surface area (Å²) in [6.07, 6.45) is -17.8. The van der Waals surface area contributed by atoms with Gasteiger partial charge >= 0.3 is 0 Å². The Morgan fingerprint density at radius 3 is 1.30 bits per heavy atom. The van der Waals surface area contributed by atoms with Crippen molar-refractivity contribution < 1.29 is 48.0 Å². The van der Waals surface area contributed by atoms with Crippen molar-refractivity contribution in [3.63, 3.8) is 0 Å². The largest absolute Gasteiger partial charge is 0.0636 e. The van der Waals surface area contributed by atoms with Crippen molar-refractivity contribution in [1.29, 1.82) is 0 Å². The van der Waals surface area contributed by atoms with E-state index in [0.29, 0.717) is 24.3 Å². The van der Waals surface area contributed by atoms with E-state index in [1.165, 1.54) is 13.8 Å². The third-order valence-electron chi connectivity index (χ3n) is 6.45. The first-order chi connectivity index (χ1) is 31.5. The Hall–Kier alpha value is -2.34. The van der Waals surface area contributed by atoms with Gasteiger partial charge in [-0.25, -0.2) is 0 Å². The zero-order valence-electron chi connectivity index (χ0n) is 55.0. The maximum atomic E-state index is 9.63. The molecule has 0 unspecified atom stereocenters. The standard InChI is InChI=1S/C37H48/c1-24(2)27-19-28(25-11-13-30-32(22-25)36(7,8)17-15-34(30,3)4)21-29(20-27)26-12-14-31-33(23-26)37(9,10)18-16-35(31,5)6/h11-14,19-24H,15-18H2,1-10H3/i3D3,4D3,5D3,6D3,7D3,8D3,9D3,10D3,15D2,16D2,17D2,18D2,19D,20D,21D. The highest BCUT2D eigenvalue weighted by atomic mass is 14.4. The van der Waals surface area contributed by atoms with E-state index >= 15 is 0 Å². The van der Waals surface area contributed by atoms with Crippen LogP contribution in [-0.4, -0.2) is 0 Å². The van der Waals surface area contributed by atoms with Crippen LogP contribution in [0.1, 0.15) is 176 Å². The molecule has 0 nitrogen and oxygen atoms in total. The maximum absolute atomic E-state index is 9.63. The van der Waals surface area contributed by atoms with E-state index in [1.54, 1.807) is 0 Å². The number of fused-ring (bicyclic) bond motifs is 2.